The van der Waals surface area contributed by atoms with Gasteiger partial charge in [-0.25, -0.2) is 4.98 Å². The number of amides is 2. The Morgan fingerprint density at radius 3 is 2.60 bits per heavy atom. The van der Waals surface area contributed by atoms with E-state index in [1.807, 2.05) is 24.3 Å². The summed E-state index contributed by atoms with van der Waals surface area (Å²) in [6.07, 6.45) is 1.33. The molecule has 0 bridgehead atoms. The molecule has 3 aromatic rings. The summed E-state index contributed by atoms with van der Waals surface area (Å²) < 4.78 is 10.6. The third-order valence-electron chi connectivity index (χ3n) is 4.87. The minimum atomic E-state index is -0.310. The molecule has 1 fully saturated rings. The molecule has 2 amide bonds. The van der Waals surface area contributed by atoms with E-state index in [-0.39, 0.29) is 11.8 Å². The van der Waals surface area contributed by atoms with E-state index in [1.165, 1.54) is 11.3 Å². The lowest BCUT2D eigenvalue weighted by Gasteiger charge is -2.20. The number of benzene rings is 2. The van der Waals surface area contributed by atoms with Crippen LogP contribution in [0.2, 0.25) is 0 Å². The standard InChI is InChI=1S/C22H21N3O4S/c1-28-16-8-5-14(6-9-16)22-24-17(13-30-22)21(27)23-15-7-10-19(29-2)18(12-15)25-11-3-4-20(25)26/h5-10,12-13H,3-4,11H2,1-2H3,(H,23,27). The van der Waals surface area contributed by atoms with E-state index in [1.54, 1.807) is 42.7 Å². The maximum Gasteiger partial charge on any atom is 0.275 e. The van der Waals surface area contributed by atoms with Crippen LogP contribution >= 0.6 is 11.3 Å². The van der Waals surface area contributed by atoms with E-state index in [0.717, 1.165) is 22.7 Å². The quantitative estimate of drug-likeness (QED) is 0.643. The average molecular weight is 423 g/mol. The van der Waals surface area contributed by atoms with Gasteiger partial charge in [-0.2, -0.15) is 0 Å². The molecular weight excluding hydrogens is 402 g/mol. The lowest BCUT2D eigenvalue weighted by Crippen LogP contribution is -2.24. The molecule has 1 aromatic heterocycles. The first kappa shape index (κ1) is 19.9. The Morgan fingerprint density at radius 1 is 1.13 bits per heavy atom. The molecule has 154 valence electrons. The van der Waals surface area contributed by atoms with Crippen LogP contribution in [0.1, 0.15) is 23.3 Å². The van der Waals surface area contributed by atoms with Crippen LogP contribution in [-0.2, 0) is 4.79 Å². The Labute approximate surface area is 178 Å². The molecule has 4 rings (SSSR count). The van der Waals surface area contributed by atoms with Gasteiger partial charge < -0.3 is 19.7 Å². The third-order valence-corrected chi connectivity index (χ3v) is 5.77. The lowest BCUT2D eigenvalue weighted by atomic mass is 10.2. The Morgan fingerprint density at radius 2 is 1.93 bits per heavy atom. The number of methoxy groups -OCH3 is 2. The van der Waals surface area contributed by atoms with Crippen molar-refractivity contribution in [3.8, 4) is 22.1 Å². The van der Waals surface area contributed by atoms with Gasteiger partial charge in [-0.15, -0.1) is 11.3 Å². The number of carbonyl (C=O) groups is 2. The Hall–Kier alpha value is -3.39. The minimum Gasteiger partial charge on any atom is -0.497 e. The summed E-state index contributed by atoms with van der Waals surface area (Å²) in [5.74, 6) is 1.11. The van der Waals surface area contributed by atoms with Gasteiger partial charge in [0.25, 0.3) is 5.91 Å². The zero-order valence-corrected chi connectivity index (χ0v) is 17.5. The molecule has 0 spiro atoms. The second-order valence-corrected chi connectivity index (χ2v) is 7.61. The number of ether oxygens (including phenoxy) is 2. The predicted molar refractivity (Wildman–Crippen MR) is 117 cm³/mol. The zero-order valence-electron chi connectivity index (χ0n) is 16.7. The number of hydrogen-bond acceptors (Lipinski definition) is 6. The monoisotopic (exact) mass is 423 g/mol. The second kappa shape index (κ2) is 8.54. The molecular formula is C22H21N3O4S. The lowest BCUT2D eigenvalue weighted by molar-refractivity contribution is -0.117. The first-order valence-corrected chi connectivity index (χ1v) is 10.4. The normalized spacial score (nSPS) is 13.4. The Kier molecular flexibility index (Phi) is 5.67. The first-order chi connectivity index (χ1) is 14.6. The fraction of sp³-hybridized carbons (Fsp3) is 0.227. The minimum absolute atomic E-state index is 0.0559. The summed E-state index contributed by atoms with van der Waals surface area (Å²) >= 11 is 1.40. The molecule has 1 aliphatic rings. The molecule has 0 unspecified atom stereocenters. The molecule has 1 N–H and O–H groups in total. The van der Waals surface area contributed by atoms with Crippen molar-refractivity contribution in [2.24, 2.45) is 0 Å². The van der Waals surface area contributed by atoms with Crippen LogP contribution in [0.5, 0.6) is 11.5 Å². The van der Waals surface area contributed by atoms with E-state index in [0.29, 0.717) is 35.8 Å². The highest BCUT2D eigenvalue weighted by Gasteiger charge is 2.25. The van der Waals surface area contributed by atoms with Crippen molar-refractivity contribution in [2.75, 3.05) is 31.0 Å². The van der Waals surface area contributed by atoms with Crippen LogP contribution < -0.4 is 19.7 Å². The van der Waals surface area contributed by atoms with Crippen LogP contribution in [0.15, 0.2) is 47.8 Å². The molecule has 2 heterocycles. The molecule has 0 radical (unpaired) electrons. The second-order valence-electron chi connectivity index (χ2n) is 6.76. The van der Waals surface area contributed by atoms with Gasteiger partial charge in [0.2, 0.25) is 5.91 Å². The van der Waals surface area contributed by atoms with Gasteiger partial charge in [0, 0.05) is 29.6 Å². The van der Waals surface area contributed by atoms with E-state index >= 15 is 0 Å². The van der Waals surface area contributed by atoms with Gasteiger partial charge in [-0.3, -0.25) is 9.59 Å². The molecule has 8 heteroatoms. The van der Waals surface area contributed by atoms with E-state index in [2.05, 4.69) is 10.3 Å². The average Bonchev–Trinajstić information content (AvgIpc) is 3.43. The molecule has 0 atom stereocenters. The Balaban J connectivity index is 1.52. The molecule has 2 aromatic carbocycles. The summed E-state index contributed by atoms with van der Waals surface area (Å²) in [7, 11) is 3.18. The topological polar surface area (TPSA) is 80.8 Å². The molecule has 0 saturated carbocycles. The largest absolute Gasteiger partial charge is 0.497 e. The number of rotatable bonds is 6. The fourth-order valence-corrected chi connectivity index (χ4v) is 4.13. The number of carbonyl (C=O) groups excluding carboxylic acids is 2. The number of thiazole rings is 1. The van der Waals surface area contributed by atoms with Crippen molar-refractivity contribution < 1.29 is 19.1 Å². The molecule has 30 heavy (non-hydrogen) atoms. The van der Waals surface area contributed by atoms with Crippen LogP contribution in [0.25, 0.3) is 10.6 Å². The van der Waals surface area contributed by atoms with Crippen molar-refractivity contribution in [2.45, 2.75) is 12.8 Å². The maximum atomic E-state index is 12.7. The summed E-state index contributed by atoms with van der Waals surface area (Å²) in [5, 5.41) is 5.34. The third kappa shape index (κ3) is 3.99. The summed E-state index contributed by atoms with van der Waals surface area (Å²) in [6, 6.07) is 12.8. The summed E-state index contributed by atoms with van der Waals surface area (Å²) in [5.41, 5.74) is 2.49. The number of hydrogen-bond donors (Lipinski definition) is 1. The maximum absolute atomic E-state index is 12.7. The van der Waals surface area contributed by atoms with Crippen molar-refractivity contribution in [1.29, 1.82) is 0 Å². The smallest absolute Gasteiger partial charge is 0.275 e. The van der Waals surface area contributed by atoms with Crippen LogP contribution in [0, 0.1) is 0 Å². The van der Waals surface area contributed by atoms with Crippen molar-refractivity contribution in [1.82, 2.24) is 4.98 Å². The summed E-state index contributed by atoms with van der Waals surface area (Å²) in [6.45, 7) is 0.643. The van der Waals surface area contributed by atoms with Gasteiger partial charge >= 0.3 is 0 Å². The highest BCUT2D eigenvalue weighted by molar-refractivity contribution is 7.13. The fourth-order valence-electron chi connectivity index (χ4n) is 3.32. The van der Waals surface area contributed by atoms with Crippen molar-refractivity contribution in [3.05, 3.63) is 53.5 Å². The zero-order chi connectivity index (χ0) is 21.1. The van der Waals surface area contributed by atoms with Crippen molar-refractivity contribution >= 4 is 34.5 Å². The first-order valence-electron chi connectivity index (χ1n) is 9.49. The highest BCUT2D eigenvalue weighted by atomic mass is 32.1. The van der Waals surface area contributed by atoms with Crippen molar-refractivity contribution in [3.63, 3.8) is 0 Å². The number of anilines is 2. The highest BCUT2D eigenvalue weighted by Crippen LogP contribution is 2.34. The molecule has 1 aliphatic heterocycles. The predicted octanol–water partition coefficient (Wildman–Crippen LogP) is 4.21. The molecule has 0 aliphatic carbocycles. The van der Waals surface area contributed by atoms with Crippen LogP contribution in [0.3, 0.4) is 0 Å². The van der Waals surface area contributed by atoms with Gasteiger partial charge in [-0.1, -0.05) is 0 Å². The number of nitrogens with one attached hydrogen (secondary N) is 1. The van der Waals surface area contributed by atoms with Gasteiger partial charge in [-0.05, 0) is 48.9 Å². The van der Waals surface area contributed by atoms with Gasteiger partial charge in [0.15, 0.2) is 0 Å². The summed E-state index contributed by atoms with van der Waals surface area (Å²) in [4.78, 5) is 31.0. The molecule has 1 saturated heterocycles. The van der Waals surface area contributed by atoms with Crippen LogP contribution in [-0.4, -0.2) is 37.6 Å². The van der Waals surface area contributed by atoms with Gasteiger partial charge in [0.1, 0.15) is 22.2 Å². The SMILES string of the molecule is COc1ccc(-c2nc(C(=O)Nc3ccc(OC)c(N4CCCC4=O)c3)cs2)cc1. The van der Waals surface area contributed by atoms with Gasteiger partial charge in [0.05, 0.1) is 19.9 Å². The van der Waals surface area contributed by atoms with E-state index < -0.39 is 0 Å². The number of nitrogens with zero attached hydrogens (tertiary/aromatic N) is 2. The van der Waals surface area contributed by atoms with E-state index in [4.69, 9.17) is 9.47 Å². The van der Waals surface area contributed by atoms with Crippen LogP contribution in [0.4, 0.5) is 11.4 Å². The Bertz CT molecular complexity index is 1080. The van der Waals surface area contributed by atoms with E-state index in [9.17, 15) is 9.59 Å². The molecule has 7 nitrogen and oxygen atoms in total. The number of aromatic nitrogens is 1.